The molecule has 0 radical (unpaired) electrons. The van der Waals surface area contributed by atoms with Gasteiger partial charge in [0.1, 0.15) is 12.6 Å². The smallest absolute Gasteiger partial charge is 0.244 e. The summed E-state index contributed by atoms with van der Waals surface area (Å²) < 4.78 is 26.3. The van der Waals surface area contributed by atoms with Gasteiger partial charge < -0.3 is 10.2 Å². The predicted octanol–water partition coefficient (Wildman–Crippen LogP) is 4.29. The maximum Gasteiger partial charge on any atom is 0.244 e. The Morgan fingerprint density at radius 1 is 1.03 bits per heavy atom. The quantitative estimate of drug-likeness (QED) is 0.416. The molecule has 2 aromatic rings. The van der Waals surface area contributed by atoms with E-state index in [1.54, 1.807) is 51.1 Å². The summed E-state index contributed by atoms with van der Waals surface area (Å²) in [7, 11) is -3.93. The van der Waals surface area contributed by atoms with Crippen LogP contribution in [-0.2, 0) is 26.2 Å². The van der Waals surface area contributed by atoms with Crippen molar-refractivity contribution < 1.29 is 22.8 Å². The number of benzene rings is 2. The van der Waals surface area contributed by atoms with Gasteiger partial charge in [-0.1, -0.05) is 48.3 Å². The summed E-state index contributed by atoms with van der Waals surface area (Å²) in [5, 5.41) is 3.44. The summed E-state index contributed by atoms with van der Waals surface area (Å²) in [4.78, 5) is 39.9. The second kappa shape index (κ2) is 12.6. The number of ketones is 1. The number of hydrogen-bond acceptors (Lipinski definition) is 5. The second-order valence-electron chi connectivity index (χ2n) is 8.69. The van der Waals surface area contributed by atoms with Crippen molar-refractivity contribution in [3.8, 4) is 0 Å². The van der Waals surface area contributed by atoms with Crippen LogP contribution < -0.4 is 9.62 Å². The monoisotopic (exact) mass is 555 g/mol. The maximum atomic E-state index is 13.7. The highest BCUT2D eigenvalue weighted by Gasteiger charge is 2.32. The van der Waals surface area contributed by atoms with Crippen LogP contribution in [-0.4, -0.2) is 55.8 Å². The van der Waals surface area contributed by atoms with E-state index >= 15 is 0 Å². The lowest BCUT2D eigenvalue weighted by Crippen LogP contribution is -2.53. The Labute approximate surface area is 222 Å². The van der Waals surface area contributed by atoms with Crippen molar-refractivity contribution in [3.05, 3.63) is 63.6 Å². The van der Waals surface area contributed by atoms with Gasteiger partial charge in [0.25, 0.3) is 0 Å². The van der Waals surface area contributed by atoms with Gasteiger partial charge in [0.2, 0.25) is 21.8 Å². The minimum absolute atomic E-state index is 0.105. The Morgan fingerprint density at radius 3 is 2.11 bits per heavy atom. The minimum atomic E-state index is -3.93. The fourth-order valence-electron chi connectivity index (χ4n) is 3.65. The Balaban J connectivity index is 2.54. The minimum Gasteiger partial charge on any atom is -0.352 e. The summed E-state index contributed by atoms with van der Waals surface area (Å²) in [5.41, 5.74) is 0.902. The molecular weight excluding hydrogens is 525 g/mol. The molecule has 0 aliphatic carbocycles. The molecule has 2 rings (SSSR count). The van der Waals surface area contributed by atoms with Gasteiger partial charge in [-0.25, -0.2) is 8.42 Å². The number of Topliss-reactive ketones (excluding diaryl/α,β-unsaturated/α-hetero) is 1. The van der Waals surface area contributed by atoms with Gasteiger partial charge >= 0.3 is 0 Å². The Hall–Kier alpha value is -2.62. The van der Waals surface area contributed by atoms with E-state index in [2.05, 4.69) is 5.32 Å². The Kier molecular flexibility index (Phi) is 10.3. The maximum absolute atomic E-state index is 13.7. The molecule has 36 heavy (non-hydrogen) atoms. The second-order valence-corrected chi connectivity index (χ2v) is 11.4. The number of nitrogens with zero attached hydrogens (tertiary/aromatic N) is 2. The lowest BCUT2D eigenvalue weighted by atomic mass is 10.1. The molecule has 0 bridgehead atoms. The van der Waals surface area contributed by atoms with Gasteiger partial charge in [0.15, 0.2) is 5.78 Å². The molecule has 11 heteroatoms. The average Bonchev–Trinajstić information content (AvgIpc) is 2.77. The van der Waals surface area contributed by atoms with Crippen LogP contribution in [0.1, 0.15) is 50.0 Å². The number of amides is 2. The molecular formula is C25H31Cl2N3O5S. The van der Waals surface area contributed by atoms with Crippen molar-refractivity contribution in [1.82, 2.24) is 10.2 Å². The van der Waals surface area contributed by atoms with Crippen molar-refractivity contribution in [2.45, 2.75) is 52.7 Å². The molecule has 0 spiro atoms. The highest BCUT2D eigenvalue weighted by atomic mass is 35.5. The van der Waals surface area contributed by atoms with E-state index in [9.17, 15) is 22.8 Å². The van der Waals surface area contributed by atoms with E-state index in [-0.39, 0.29) is 36.4 Å². The molecule has 0 heterocycles. The number of halogens is 2. The van der Waals surface area contributed by atoms with Crippen molar-refractivity contribution in [2.24, 2.45) is 0 Å². The average molecular weight is 557 g/mol. The summed E-state index contributed by atoms with van der Waals surface area (Å²) in [6.07, 6.45) is 1.24. The molecule has 1 unspecified atom stereocenters. The third-order valence-electron chi connectivity index (χ3n) is 5.43. The number of nitrogens with one attached hydrogen (secondary N) is 1. The van der Waals surface area contributed by atoms with Gasteiger partial charge in [-0.2, -0.15) is 0 Å². The molecule has 2 amide bonds. The first-order valence-corrected chi connectivity index (χ1v) is 14.0. The zero-order valence-electron chi connectivity index (χ0n) is 20.9. The zero-order chi connectivity index (χ0) is 27.2. The molecule has 1 N–H and O–H groups in total. The summed E-state index contributed by atoms with van der Waals surface area (Å²) in [5.74, 6) is -1.26. The van der Waals surface area contributed by atoms with Crippen LogP contribution in [0.15, 0.2) is 42.5 Å². The number of anilines is 1. The first-order valence-electron chi connectivity index (χ1n) is 11.4. The van der Waals surface area contributed by atoms with Crippen LogP contribution in [0.3, 0.4) is 0 Å². The molecule has 1 atom stereocenters. The molecule has 0 aromatic heterocycles. The largest absolute Gasteiger partial charge is 0.352 e. The topological polar surface area (TPSA) is 104 Å². The standard InChI is InChI=1S/C25H31Cl2N3O5S/c1-6-23(25(33)28-16(2)3)29(14-20-21(26)11-8-12-22(20)27)24(32)15-30(36(5,34)35)19-10-7-9-18(13-19)17(4)31/h7-13,16,23H,6,14-15H2,1-5H3,(H,28,33). The lowest BCUT2D eigenvalue weighted by Gasteiger charge is -2.33. The van der Waals surface area contributed by atoms with E-state index < -0.39 is 28.5 Å². The Bertz CT molecular complexity index is 1210. The molecule has 0 aliphatic rings. The molecule has 2 aromatic carbocycles. The van der Waals surface area contributed by atoms with E-state index in [1.807, 2.05) is 0 Å². The van der Waals surface area contributed by atoms with Crippen molar-refractivity contribution >= 4 is 56.5 Å². The third-order valence-corrected chi connectivity index (χ3v) is 7.28. The SMILES string of the molecule is CCC(C(=O)NC(C)C)N(Cc1c(Cl)cccc1Cl)C(=O)CN(c1cccc(C(C)=O)c1)S(C)(=O)=O. The van der Waals surface area contributed by atoms with Crippen LogP contribution in [0.4, 0.5) is 5.69 Å². The molecule has 0 fully saturated rings. The van der Waals surface area contributed by atoms with Crippen molar-refractivity contribution in [2.75, 3.05) is 17.1 Å². The molecule has 0 saturated carbocycles. The zero-order valence-corrected chi connectivity index (χ0v) is 23.2. The number of sulfonamides is 1. The number of carbonyl (C=O) groups is 3. The first kappa shape index (κ1) is 29.6. The van der Waals surface area contributed by atoms with Crippen LogP contribution in [0.2, 0.25) is 10.0 Å². The van der Waals surface area contributed by atoms with Crippen LogP contribution in [0.5, 0.6) is 0 Å². The Morgan fingerprint density at radius 2 is 1.61 bits per heavy atom. The van der Waals surface area contributed by atoms with E-state index in [0.29, 0.717) is 21.2 Å². The van der Waals surface area contributed by atoms with Gasteiger partial charge in [0, 0.05) is 33.8 Å². The summed E-state index contributed by atoms with van der Waals surface area (Å²) in [6, 6.07) is 9.84. The van der Waals surface area contributed by atoms with Crippen LogP contribution in [0.25, 0.3) is 0 Å². The highest BCUT2D eigenvalue weighted by Crippen LogP contribution is 2.28. The van der Waals surface area contributed by atoms with Crippen LogP contribution in [0, 0.1) is 0 Å². The van der Waals surface area contributed by atoms with Gasteiger partial charge in [-0.3, -0.25) is 18.7 Å². The third kappa shape index (κ3) is 7.69. The normalized spacial score (nSPS) is 12.2. The number of carbonyl (C=O) groups excluding carboxylic acids is 3. The van der Waals surface area contributed by atoms with Crippen LogP contribution >= 0.6 is 23.2 Å². The van der Waals surface area contributed by atoms with Crippen molar-refractivity contribution in [3.63, 3.8) is 0 Å². The fraction of sp³-hybridized carbons (Fsp3) is 0.400. The van der Waals surface area contributed by atoms with E-state index in [1.165, 1.54) is 24.0 Å². The lowest BCUT2D eigenvalue weighted by molar-refractivity contribution is -0.140. The molecule has 0 aliphatic heterocycles. The molecule has 8 nitrogen and oxygen atoms in total. The number of rotatable bonds is 11. The summed E-state index contributed by atoms with van der Waals surface area (Å²) in [6.45, 7) is 6.03. The first-order chi connectivity index (χ1) is 16.8. The van der Waals surface area contributed by atoms with Gasteiger partial charge in [-0.05, 0) is 51.5 Å². The van der Waals surface area contributed by atoms with Gasteiger partial charge in [0.05, 0.1) is 11.9 Å². The fourth-order valence-corrected chi connectivity index (χ4v) is 5.01. The highest BCUT2D eigenvalue weighted by molar-refractivity contribution is 7.92. The van der Waals surface area contributed by atoms with Gasteiger partial charge in [-0.15, -0.1) is 0 Å². The van der Waals surface area contributed by atoms with E-state index in [0.717, 1.165) is 10.6 Å². The number of hydrogen-bond donors (Lipinski definition) is 1. The molecule has 0 saturated heterocycles. The summed E-state index contributed by atoms with van der Waals surface area (Å²) >= 11 is 12.7. The van der Waals surface area contributed by atoms with Crippen molar-refractivity contribution in [1.29, 1.82) is 0 Å². The predicted molar refractivity (Wildman–Crippen MR) is 143 cm³/mol. The molecule has 196 valence electrons. The van der Waals surface area contributed by atoms with E-state index in [4.69, 9.17) is 23.2 Å².